The smallest absolute Gasteiger partial charge is 0.252 e. The van der Waals surface area contributed by atoms with Crippen LogP contribution >= 0.6 is 11.3 Å². The second kappa shape index (κ2) is 7.81. The minimum atomic E-state index is -0.0624. The summed E-state index contributed by atoms with van der Waals surface area (Å²) in [7, 11) is 0. The highest BCUT2D eigenvalue weighted by atomic mass is 32.1. The molecule has 2 aromatic heterocycles. The molecule has 1 aliphatic rings. The zero-order valence-electron chi connectivity index (χ0n) is 14.5. The van der Waals surface area contributed by atoms with Gasteiger partial charge in [0.15, 0.2) is 0 Å². The first-order chi connectivity index (χ1) is 12.8. The molecule has 1 amide bonds. The summed E-state index contributed by atoms with van der Waals surface area (Å²) < 4.78 is 0. The molecule has 0 atom stereocenters. The number of pyridine rings is 1. The zero-order chi connectivity index (χ0) is 17.8. The quantitative estimate of drug-likeness (QED) is 0.753. The summed E-state index contributed by atoms with van der Waals surface area (Å²) in [6.07, 6.45) is 2.74. The number of hydrogen-bond donors (Lipinski definition) is 1. The summed E-state index contributed by atoms with van der Waals surface area (Å²) in [6.45, 7) is 3.52. The molecule has 3 heterocycles. The summed E-state index contributed by atoms with van der Waals surface area (Å²) in [5, 5.41) is 5.03. The van der Waals surface area contributed by atoms with Gasteiger partial charge < -0.3 is 5.32 Å². The summed E-state index contributed by atoms with van der Waals surface area (Å²) in [4.78, 5) is 20.2. The number of hydrogen-bond acceptors (Lipinski definition) is 4. The fourth-order valence-corrected chi connectivity index (χ4v) is 3.98. The molecule has 1 N–H and O–H groups in total. The number of rotatable bonds is 5. The van der Waals surface area contributed by atoms with Crippen molar-refractivity contribution in [3.63, 3.8) is 0 Å². The van der Waals surface area contributed by atoms with Crippen LogP contribution in [0, 0.1) is 0 Å². The number of amides is 1. The van der Waals surface area contributed by atoms with E-state index in [1.807, 2.05) is 29.6 Å². The lowest BCUT2D eigenvalue weighted by molar-refractivity contribution is 0.0947. The highest BCUT2D eigenvalue weighted by Gasteiger charge is 2.15. The molecule has 0 aliphatic carbocycles. The van der Waals surface area contributed by atoms with Gasteiger partial charge in [-0.1, -0.05) is 30.3 Å². The van der Waals surface area contributed by atoms with Crippen LogP contribution < -0.4 is 5.32 Å². The fraction of sp³-hybridized carbons (Fsp3) is 0.238. The van der Waals surface area contributed by atoms with Crippen molar-refractivity contribution in [1.82, 2.24) is 15.2 Å². The summed E-state index contributed by atoms with van der Waals surface area (Å²) in [5.41, 5.74) is 4.36. The molecule has 132 valence electrons. The van der Waals surface area contributed by atoms with Crippen LogP contribution in [0.5, 0.6) is 0 Å². The average Bonchev–Trinajstić information content (AvgIpc) is 3.23. The summed E-state index contributed by atoms with van der Waals surface area (Å²) >= 11 is 1.65. The molecular weight excluding hydrogens is 342 g/mol. The van der Waals surface area contributed by atoms with Gasteiger partial charge in [-0.25, -0.2) is 0 Å². The molecule has 1 aromatic carbocycles. The van der Waals surface area contributed by atoms with Crippen LogP contribution in [0.25, 0.3) is 10.6 Å². The Morgan fingerprint density at radius 1 is 1.12 bits per heavy atom. The largest absolute Gasteiger partial charge is 0.351 e. The number of nitrogens with one attached hydrogen (secondary N) is 1. The topological polar surface area (TPSA) is 45.2 Å². The Bertz CT molecular complexity index is 875. The lowest BCUT2D eigenvalue weighted by Crippen LogP contribution is -2.37. The first-order valence-electron chi connectivity index (χ1n) is 8.87. The van der Waals surface area contributed by atoms with Gasteiger partial charge in [-0.3, -0.25) is 14.7 Å². The van der Waals surface area contributed by atoms with Crippen molar-refractivity contribution in [3.8, 4) is 10.6 Å². The van der Waals surface area contributed by atoms with Crippen LogP contribution in [0.4, 0.5) is 0 Å². The minimum absolute atomic E-state index is 0.0624. The molecule has 4 nitrogen and oxygen atoms in total. The average molecular weight is 363 g/mol. The third-order valence-electron chi connectivity index (χ3n) is 4.72. The number of benzene rings is 1. The van der Waals surface area contributed by atoms with E-state index in [0.717, 1.165) is 36.6 Å². The second-order valence-corrected chi connectivity index (χ2v) is 7.41. The lowest BCUT2D eigenvalue weighted by Gasteiger charge is -2.28. The number of thiophene rings is 1. The van der Waals surface area contributed by atoms with E-state index in [1.165, 1.54) is 11.1 Å². The molecule has 0 spiro atoms. The van der Waals surface area contributed by atoms with E-state index in [2.05, 4.69) is 39.5 Å². The first kappa shape index (κ1) is 16.9. The summed E-state index contributed by atoms with van der Waals surface area (Å²) in [6, 6.07) is 16.4. The third-order valence-corrected chi connectivity index (χ3v) is 5.61. The minimum Gasteiger partial charge on any atom is -0.351 e. The molecule has 0 radical (unpaired) electrons. The molecule has 3 aromatic rings. The predicted molar refractivity (Wildman–Crippen MR) is 105 cm³/mol. The Labute approximate surface area is 157 Å². The Hall–Kier alpha value is -2.50. The lowest BCUT2D eigenvalue weighted by atomic mass is 10.00. The maximum atomic E-state index is 12.3. The Morgan fingerprint density at radius 2 is 2.00 bits per heavy atom. The molecule has 0 saturated carbocycles. The number of fused-ring (bicyclic) bond motifs is 1. The second-order valence-electron chi connectivity index (χ2n) is 6.46. The molecule has 0 fully saturated rings. The van der Waals surface area contributed by atoms with Crippen molar-refractivity contribution in [1.29, 1.82) is 0 Å². The van der Waals surface area contributed by atoms with Crippen molar-refractivity contribution in [2.75, 3.05) is 19.6 Å². The first-order valence-corrected chi connectivity index (χ1v) is 9.75. The third kappa shape index (κ3) is 3.84. The van der Waals surface area contributed by atoms with Crippen molar-refractivity contribution in [2.24, 2.45) is 0 Å². The normalized spacial score (nSPS) is 14.0. The monoisotopic (exact) mass is 363 g/mol. The van der Waals surface area contributed by atoms with Crippen molar-refractivity contribution in [2.45, 2.75) is 13.0 Å². The van der Waals surface area contributed by atoms with E-state index in [4.69, 9.17) is 0 Å². The van der Waals surface area contributed by atoms with E-state index in [9.17, 15) is 4.79 Å². The van der Waals surface area contributed by atoms with Gasteiger partial charge in [-0.2, -0.15) is 0 Å². The van der Waals surface area contributed by atoms with Crippen molar-refractivity contribution < 1.29 is 4.79 Å². The number of aromatic nitrogens is 1. The molecule has 4 rings (SSSR count). The highest BCUT2D eigenvalue weighted by molar-refractivity contribution is 7.13. The standard InChI is InChI=1S/C21H21N3OS/c25-21(17-7-8-19(23-14-17)20-6-3-13-26-20)22-10-12-24-11-9-16-4-1-2-5-18(16)15-24/h1-8,13-14H,9-12,15H2,(H,22,25). The fourth-order valence-electron chi connectivity index (χ4n) is 3.27. The maximum Gasteiger partial charge on any atom is 0.252 e. The van der Waals surface area contributed by atoms with Gasteiger partial charge in [0.05, 0.1) is 16.1 Å². The van der Waals surface area contributed by atoms with E-state index < -0.39 is 0 Å². The molecule has 5 heteroatoms. The van der Waals surface area contributed by atoms with Crippen LogP contribution in [-0.2, 0) is 13.0 Å². The van der Waals surface area contributed by atoms with Crippen LogP contribution in [-0.4, -0.2) is 35.4 Å². The molecule has 1 aliphatic heterocycles. The van der Waals surface area contributed by atoms with Crippen LogP contribution in [0.1, 0.15) is 21.5 Å². The van der Waals surface area contributed by atoms with E-state index >= 15 is 0 Å². The Morgan fingerprint density at radius 3 is 2.77 bits per heavy atom. The Balaban J connectivity index is 1.28. The van der Waals surface area contributed by atoms with Gasteiger partial charge in [0.2, 0.25) is 0 Å². The van der Waals surface area contributed by atoms with Gasteiger partial charge in [0, 0.05) is 32.4 Å². The van der Waals surface area contributed by atoms with E-state index in [0.29, 0.717) is 12.1 Å². The molecule has 0 unspecified atom stereocenters. The van der Waals surface area contributed by atoms with Crippen molar-refractivity contribution in [3.05, 3.63) is 76.8 Å². The van der Waals surface area contributed by atoms with Crippen LogP contribution in [0.3, 0.4) is 0 Å². The zero-order valence-corrected chi connectivity index (χ0v) is 15.3. The maximum absolute atomic E-state index is 12.3. The van der Waals surface area contributed by atoms with Crippen LogP contribution in [0.2, 0.25) is 0 Å². The predicted octanol–water partition coefficient (Wildman–Crippen LogP) is 3.60. The van der Waals surface area contributed by atoms with E-state index in [-0.39, 0.29) is 5.91 Å². The van der Waals surface area contributed by atoms with Gasteiger partial charge in [0.1, 0.15) is 0 Å². The number of carbonyl (C=O) groups is 1. The number of nitrogens with zero attached hydrogens (tertiary/aromatic N) is 2. The molecular formula is C21H21N3OS. The van der Waals surface area contributed by atoms with E-state index in [1.54, 1.807) is 17.5 Å². The van der Waals surface area contributed by atoms with Crippen molar-refractivity contribution >= 4 is 17.2 Å². The highest BCUT2D eigenvalue weighted by Crippen LogP contribution is 2.22. The van der Waals surface area contributed by atoms with Gasteiger partial charge in [-0.05, 0) is 41.1 Å². The Kier molecular flexibility index (Phi) is 5.09. The molecule has 0 saturated heterocycles. The number of carbonyl (C=O) groups excluding carboxylic acids is 1. The van der Waals surface area contributed by atoms with Gasteiger partial charge >= 0.3 is 0 Å². The molecule has 26 heavy (non-hydrogen) atoms. The van der Waals surface area contributed by atoms with Crippen LogP contribution in [0.15, 0.2) is 60.1 Å². The molecule has 0 bridgehead atoms. The SMILES string of the molecule is O=C(NCCN1CCc2ccccc2C1)c1ccc(-c2cccs2)nc1. The van der Waals surface area contributed by atoms with Gasteiger partial charge in [-0.15, -0.1) is 11.3 Å². The summed E-state index contributed by atoms with van der Waals surface area (Å²) in [5.74, 6) is -0.0624. The van der Waals surface area contributed by atoms with Gasteiger partial charge in [0.25, 0.3) is 5.91 Å².